The molecule has 8 nitrogen and oxygen atoms in total. The summed E-state index contributed by atoms with van der Waals surface area (Å²) in [6.45, 7) is 2.67. The lowest BCUT2D eigenvalue weighted by Gasteiger charge is -2.15. The van der Waals surface area contributed by atoms with Crippen molar-refractivity contribution in [1.82, 2.24) is 4.72 Å². The van der Waals surface area contributed by atoms with Crippen LogP contribution in [-0.2, 0) is 24.3 Å². The molecule has 0 saturated heterocycles. The molecule has 1 atom stereocenters. The summed E-state index contributed by atoms with van der Waals surface area (Å²) < 4.78 is 31.5. The van der Waals surface area contributed by atoms with Gasteiger partial charge in [0.1, 0.15) is 6.54 Å². The van der Waals surface area contributed by atoms with Crippen LogP contribution in [0.3, 0.4) is 0 Å². The molecule has 0 aliphatic carbocycles. The SMILES string of the molecule is Cc1ccc(S(=O)(=O)NCC(=O)O[C@@H](C)C(=O)Nc2ccc(N(C)C)cc2)cc1. The van der Waals surface area contributed by atoms with Crippen molar-refractivity contribution < 1.29 is 22.7 Å². The standard InChI is InChI=1S/C20H25N3O5S/c1-14-5-11-18(12-6-14)29(26,27)21-13-19(24)28-15(2)20(25)22-16-7-9-17(10-8-16)23(3)4/h5-12,15,21H,13H2,1-4H3,(H,22,25)/t15-/m0/s1. The average Bonchev–Trinajstić information content (AvgIpc) is 2.67. The highest BCUT2D eigenvalue weighted by molar-refractivity contribution is 7.89. The molecule has 0 heterocycles. The maximum atomic E-state index is 12.2. The Hall–Kier alpha value is -2.91. The van der Waals surface area contributed by atoms with E-state index in [1.807, 2.05) is 38.1 Å². The zero-order valence-electron chi connectivity index (χ0n) is 16.8. The zero-order chi connectivity index (χ0) is 21.6. The molecule has 156 valence electrons. The lowest BCUT2D eigenvalue weighted by atomic mass is 10.2. The van der Waals surface area contributed by atoms with Crippen LogP contribution in [0.1, 0.15) is 12.5 Å². The summed E-state index contributed by atoms with van der Waals surface area (Å²) in [5.41, 5.74) is 2.45. The fraction of sp³-hybridized carbons (Fsp3) is 0.300. The molecule has 0 aliphatic heterocycles. The molecule has 2 aromatic rings. The van der Waals surface area contributed by atoms with Gasteiger partial charge in [-0.05, 0) is 50.2 Å². The van der Waals surface area contributed by atoms with Crippen LogP contribution in [0.5, 0.6) is 0 Å². The number of esters is 1. The van der Waals surface area contributed by atoms with Crippen LogP contribution < -0.4 is 14.9 Å². The predicted octanol–water partition coefficient (Wildman–Crippen LogP) is 1.91. The number of sulfonamides is 1. The minimum atomic E-state index is -3.84. The van der Waals surface area contributed by atoms with E-state index >= 15 is 0 Å². The molecule has 0 bridgehead atoms. The molecule has 2 rings (SSSR count). The number of nitrogens with zero attached hydrogens (tertiary/aromatic N) is 1. The number of carbonyl (C=O) groups excluding carboxylic acids is 2. The van der Waals surface area contributed by atoms with Gasteiger partial charge < -0.3 is 15.0 Å². The number of aryl methyl sites for hydroxylation is 1. The van der Waals surface area contributed by atoms with Gasteiger partial charge in [0, 0.05) is 25.5 Å². The summed E-state index contributed by atoms with van der Waals surface area (Å²) in [6, 6.07) is 13.4. The Kier molecular flexibility index (Phi) is 7.35. The monoisotopic (exact) mass is 419 g/mol. The van der Waals surface area contributed by atoms with Crippen molar-refractivity contribution >= 4 is 33.3 Å². The third kappa shape index (κ3) is 6.58. The molecule has 9 heteroatoms. The average molecular weight is 420 g/mol. The van der Waals surface area contributed by atoms with Crippen molar-refractivity contribution in [3.63, 3.8) is 0 Å². The minimum Gasteiger partial charge on any atom is -0.452 e. The van der Waals surface area contributed by atoms with Crippen LogP contribution in [0.2, 0.25) is 0 Å². The van der Waals surface area contributed by atoms with E-state index in [-0.39, 0.29) is 4.90 Å². The van der Waals surface area contributed by atoms with E-state index in [1.54, 1.807) is 24.3 Å². The van der Waals surface area contributed by atoms with Crippen molar-refractivity contribution in [1.29, 1.82) is 0 Å². The first-order valence-corrected chi connectivity index (χ1v) is 10.4. The van der Waals surface area contributed by atoms with Crippen molar-refractivity contribution in [3.05, 3.63) is 54.1 Å². The van der Waals surface area contributed by atoms with E-state index in [0.717, 1.165) is 11.3 Å². The summed E-state index contributed by atoms with van der Waals surface area (Å²) in [5, 5.41) is 2.64. The lowest BCUT2D eigenvalue weighted by Crippen LogP contribution is -2.35. The lowest BCUT2D eigenvalue weighted by molar-refractivity contribution is -0.151. The summed E-state index contributed by atoms with van der Waals surface area (Å²) in [4.78, 5) is 26.1. The van der Waals surface area contributed by atoms with E-state index in [0.29, 0.717) is 5.69 Å². The second kappa shape index (κ2) is 9.53. The second-order valence-corrected chi connectivity index (χ2v) is 8.47. The Morgan fingerprint density at radius 1 is 1.03 bits per heavy atom. The summed E-state index contributed by atoms with van der Waals surface area (Å²) in [6.07, 6.45) is -1.08. The molecular formula is C20H25N3O5S. The topological polar surface area (TPSA) is 105 Å². The molecule has 0 unspecified atom stereocenters. The Bertz CT molecular complexity index is 955. The number of benzene rings is 2. The zero-order valence-corrected chi connectivity index (χ0v) is 17.6. The number of hydrogen-bond acceptors (Lipinski definition) is 6. The van der Waals surface area contributed by atoms with Crippen LogP contribution in [-0.4, -0.2) is 47.0 Å². The number of carbonyl (C=O) groups is 2. The molecule has 1 amide bonds. The number of nitrogens with one attached hydrogen (secondary N) is 2. The van der Waals surface area contributed by atoms with Gasteiger partial charge >= 0.3 is 5.97 Å². The minimum absolute atomic E-state index is 0.0443. The van der Waals surface area contributed by atoms with Gasteiger partial charge in [-0.15, -0.1) is 0 Å². The Labute approximate surface area is 170 Å². The first kappa shape index (κ1) is 22.4. The highest BCUT2D eigenvalue weighted by atomic mass is 32.2. The van der Waals surface area contributed by atoms with Crippen LogP contribution in [0.4, 0.5) is 11.4 Å². The molecule has 2 N–H and O–H groups in total. The molecule has 0 radical (unpaired) electrons. The number of hydrogen-bond donors (Lipinski definition) is 2. The van der Waals surface area contributed by atoms with Gasteiger partial charge in [0.15, 0.2) is 6.10 Å². The predicted molar refractivity (Wildman–Crippen MR) is 111 cm³/mol. The van der Waals surface area contributed by atoms with Gasteiger partial charge in [0.25, 0.3) is 5.91 Å². The Morgan fingerprint density at radius 3 is 2.17 bits per heavy atom. The fourth-order valence-electron chi connectivity index (χ4n) is 2.33. The fourth-order valence-corrected chi connectivity index (χ4v) is 3.30. The summed E-state index contributed by atoms with van der Waals surface area (Å²) >= 11 is 0. The highest BCUT2D eigenvalue weighted by Gasteiger charge is 2.20. The second-order valence-electron chi connectivity index (χ2n) is 6.70. The van der Waals surface area contributed by atoms with E-state index in [9.17, 15) is 18.0 Å². The smallest absolute Gasteiger partial charge is 0.321 e. The molecule has 0 aliphatic rings. The molecule has 0 saturated carbocycles. The van der Waals surface area contributed by atoms with Crippen molar-refractivity contribution in [2.45, 2.75) is 24.8 Å². The van der Waals surface area contributed by atoms with Gasteiger partial charge in [-0.25, -0.2) is 8.42 Å². The molecular weight excluding hydrogens is 394 g/mol. The number of ether oxygens (including phenoxy) is 1. The summed E-state index contributed by atoms with van der Waals surface area (Å²) in [7, 11) is -0.0333. The Balaban J connectivity index is 1.86. The number of anilines is 2. The van der Waals surface area contributed by atoms with E-state index < -0.39 is 34.5 Å². The highest BCUT2D eigenvalue weighted by Crippen LogP contribution is 2.16. The third-order valence-corrected chi connectivity index (χ3v) is 5.48. The van der Waals surface area contributed by atoms with Crippen molar-refractivity contribution in [3.8, 4) is 0 Å². The van der Waals surface area contributed by atoms with Gasteiger partial charge in [0.2, 0.25) is 10.0 Å². The molecule has 2 aromatic carbocycles. The maximum absolute atomic E-state index is 12.2. The number of amides is 1. The van der Waals surface area contributed by atoms with Crippen LogP contribution >= 0.6 is 0 Å². The van der Waals surface area contributed by atoms with E-state index in [2.05, 4.69) is 10.0 Å². The third-order valence-electron chi connectivity index (χ3n) is 4.07. The maximum Gasteiger partial charge on any atom is 0.321 e. The van der Waals surface area contributed by atoms with Crippen molar-refractivity contribution in [2.75, 3.05) is 30.9 Å². The van der Waals surface area contributed by atoms with Crippen LogP contribution in [0.15, 0.2) is 53.4 Å². The molecule has 0 fully saturated rings. The van der Waals surface area contributed by atoms with Gasteiger partial charge in [-0.1, -0.05) is 17.7 Å². The van der Waals surface area contributed by atoms with Gasteiger partial charge in [-0.2, -0.15) is 4.72 Å². The molecule has 0 aromatic heterocycles. The van der Waals surface area contributed by atoms with E-state index in [4.69, 9.17) is 4.74 Å². The first-order chi connectivity index (χ1) is 13.6. The Morgan fingerprint density at radius 2 is 1.62 bits per heavy atom. The molecule has 0 spiro atoms. The normalized spacial score (nSPS) is 12.1. The molecule has 29 heavy (non-hydrogen) atoms. The summed E-state index contributed by atoms with van der Waals surface area (Å²) in [5.74, 6) is -1.37. The largest absolute Gasteiger partial charge is 0.452 e. The first-order valence-electron chi connectivity index (χ1n) is 8.92. The van der Waals surface area contributed by atoms with Crippen LogP contribution in [0.25, 0.3) is 0 Å². The van der Waals surface area contributed by atoms with Crippen LogP contribution in [0, 0.1) is 6.92 Å². The van der Waals surface area contributed by atoms with Crippen molar-refractivity contribution in [2.24, 2.45) is 0 Å². The van der Waals surface area contributed by atoms with E-state index in [1.165, 1.54) is 19.1 Å². The quantitative estimate of drug-likeness (QED) is 0.634. The van der Waals surface area contributed by atoms with Gasteiger partial charge in [-0.3, -0.25) is 9.59 Å². The van der Waals surface area contributed by atoms with Gasteiger partial charge in [0.05, 0.1) is 4.90 Å². The number of rotatable bonds is 8.